The van der Waals surface area contributed by atoms with E-state index in [-0.39, 0.29) is 19.1 Å². The van der Waals surface area contributed by atoms with E-state index in [1.165, 1.54) is 14.2 Å². The molecule has 0 aliphatic heterocycles. The molecule has 2 aromatic carbocycles. The molecular weight excluding hydrogens is 360 g/mol. The van der Waals surface area contributed by atoms with Crippen molar-refractivity contribution in [2.24, 2.45) is 0 Å². The third-order valence-electron chi connectivity index (χ3n) is 4.07. The average molecular weight is 386 g/mol. The maximum absolute atomic E-state index is 12.6. The van der Waals surface area contributed by atoms with Crippen molar-refractivity contribution < 1.29 is 23.8 Å². The lowest BCUT2D eigenvalue weighted by molar-refractivity contribution is -0.129. The highest BCUT2D eigenvalue weighted by Crippen LogP contribution is 2.05. The Bertz CT molecular complexity index is 720. The molecular formula is C21H26N2O5. The maximum atomic E-state index is 12.6. The number of hydrogen-bond acceptors (Lipinski definition) is 5. The molecule has 0 fully saturated rings. The van der Waals surface area contributed by atoms with Gasteiger partial charge >= 0.3 is 6.09 Å². The standard InChI is InChI=1S/C21H26N2O5/c1-26-19(27-2)14-22-20(24)18(13-16-9-5-3-6-10-16)23-21(25)28-15-17-11-7-4-8-12-17/h3-12,18-19H,13-15H2,1-2H3,(H,22,24)(H,23,25)/t18-/m1/s1. The molecule has 0 bridgehead atoms. The van der Waals surface area contributed by atoms with E-state index in [0.29, 0.717) is 6.42 Å². The largest absolute Gasteiger partial charge is 0.445 e. The minimum atomic E-state index is -0.792. The number of methoxy groups -OCH3 is 2. The summed E-state index contributed by atoms with van der Waals surface area (Å²) in [6, 6.07) is 18.0. The van der Waals surface area contributed by atoms with Gasteiger partial charge in [-0.2, -0.15) is 0 Å². The molecule has 2 aromatic rings. The first kappa shape index (κ1) is 21.4. The fourth-order valence-corrected chi connectivity index (χ4v) is 2.54. The van der Waals surface area contributed by atoms with E-state index >= 15 is 0 Å². The molecule has 7 heteroatoms. The third-order valence-corrected chi connectivity index (χ3v) is 4.07. The van der Waals surface area contributed by atoms with Crippen molar-refractivity contribution in [3.8, 4) is 0 Å². The highest BCUT2D eigenvalue weighted by atomic mass is 16.7. The van der Waals surface area contributed by atoms with E-state index in [1.807, 2.05) is 60.7 Å². The van der Waals surface area contributed by atoms with Gasteiger partial charge in [0.05, 0.1) is 6.54 Å². The van der Waals surface area contributed by atoms with Crippen molar-refractivity contribution in [3.05, 3.63) is 71.8 Å². The van der Waals surface area contributed by atoms with Gasteiger partial charge in [0.15, 0.2) is 6.29 Å². The molecule has 0 heterocycles. The SMILES string of the molecule is COC(CNC(=O)[C@@H](Cc1ccccc1)NC(=O)OCc1ccccc1)OC. The molecule has 1 atom stereocenters. The van der Waals surface area contributed by atoms with Crippen LogP contribution in [-0.2, 0) is 32.0 Å². The number of rotatable bonds is 10. The van der Waals surface area contributed by atoms with Crippen LogP contribution in [0.5, 0.6) is 0 Å². The third kappa shape index (κ3) is 7.38. The van der Waals surface area contributed by atoms with Gasteiger partial charge in [0.25, 0.3) is 0 Å². The monoisotopic (exact) mass is 386 g/mol. The number of hydrogen-bond donors (Lipinski definition) is 2. The molecule has 2 rings (SSSR count). The van der Waals surface area contributed by atoms with Crippen molar-refractivity contribution in [2.75, 3.05) is 20.8 Å². The van der Waals surface area contributed by atoms with E-state index < -0.39 is 18.4 Å². The van der Waals surface area contributed by atoms with Crippen LogP contribution in [0.1, 0.15) is 11.1 Å². The van der Waals surface area contributed by atoms with Crippen molar-refractivity contribution in [1.82, 2.24) is 10.6 Å². The van der Waals surface area contributed by atoms with Crippen LogP contribution < -0.4 is 10.6 Å². The van der Waals surface area contributed by atoms with Gasteiger partial charge in [0.1, 0.15) is 12.6 Å². The summed E-state index contributed by atoms with van der Waals surface area (Å²) in [5.74, 6) is -0.348. The number of amides is 2. The highest BCUT2D eigenvalue weighted by molar-refractivity contribution is 5.85. The zero-order chi connectivity index (χ0) is 20.2. The molecule has 2 N–H and O–H groups in total. The Morgan fingerprint density at radius 3 is 2.04 bits per heavy atom. The van der Waals surface area contributed by atoms with Gasteiger partial charge in [-0.3, -0.25) is 4.79 Å². The van der Waals surface area contributed by atoms with Crippen molar-refractivity contribution in [1.29, 1.82) is 0 Å². The Morgan fingerprint density at radius 2 is 1.46 bits per heavy atom. The van der Waals surface area contributed by atoms with Crippen LogP contribution in [0.4, 0.5) is 4.79 Å². The van der Waals surface area contributed by atoms with Gasteiger partial charge in [-0.15, -0.1) is 0 Å². The number of alkyl carbamates (subject to hydrolysis) is 1. The molecule has 0 aliphatic rings. The summed E-state index contributed by atoms with van der Waals surface area (Å²) in [5.41, 5.74) is 1.78. The molecule has 0 saturated heterocycles. The van der Waals surface area contributed by atoms with Gasteiger partial charge < -0.3 is 24.8 Å². The molecule has 0 unspecified atom stereocenters. The second-order valence-corrected chi connectivity index (χ2v) is 6.09. The smallest absolute Gasteiger partial charge is 0.408 e. The van der Waals surface area contributed by atoms with Crippen molar-refractivity contribution in [3.63, 3.8) is 0 Å². The number of ether oxygens (including phenoxy) is 3. The van der Waals surface area contributed by atoms with Crippen LogP contribution in [0, 0.1) is 0 Å². The van der Waals surface area contributed by atoms with Crippen molar-refractivity contribution in [2.45, 2.75) is 25.4 Å². The molecule has 2 amide bonds. The quantitative estimate of drug-likeness (QED) is 0.612. The number of carbonyl (C=O) groups excluding carboxylic acids is 2. The zero-order valence-corrected chi connectivity index (χ0v) is 16.1. The summed E-state index contributed by atoms with van der Waals surface area (Å²) in [6.45, 7) is 0.291. The zero-order valence-electron chi connectivity index (χ0n) is 16.1. The van der Waals surface area contributed by atoms with E-state index in [4.69, 9.17) is 14.2 Å². The molecule has 0 saturated carbocycles. The van der Waals surface area contributed by atoms with Gasteiger partial charge in [-0.05, 0) is 11.1 Å². The summed E-state index contributed by atoms with van der Waals surface area (Å²) in [7, 11) is 2.97. The predicted octanol–water partition coefficient (Wildman–Crippen LogP) is 2.26. The van der Waals surface area contributed by atoms with Crippen LogP contribution in [0.2, 0.25) is 0 Å². The van der Waals surface area contributed by atoms with Crippen LogP contribution in [0.3, 0.4) is 0 Å². The van der Waals surface area contributed by atoms with Gasteiger partial charge in [0, 0.05) is 20.6 Å². The fraction of sp³-hybridized carbons (Fsp3) is 0.333. The summed E-state index contributed by atoms with van der Waals surface area (Å²) >= 11 is 0. The van der Waals surface area contributed by atoms with Gasteiger partial charge in [-0.25, -0.2) is 4.79 Å². The lowest BCUT2D eigenvalue weighted by Crippen LogP contribution is -2.49. The first-order valence-corrected chi connectivity index (χ1v) is 8.96. The number of nitrogens with one attached hydrogen (secondary N) is 2. The lowest BCUT2D eigenvalue weighted by Gasteiger charge is -2.20. The topological polar surface area (TPSA) is 85.9 Å². The molecule has 150 valence electrons. The van der Waals surface area contributed by atoms with E-state index in [1.54, 1.807) is 0 Å². The van der Waals surface area contributed by atoms with E-state index in [9.17, 15) is 9.59 Å². The molecule has 0 radical (unpaired) electrons. The second-order valence-electron chi connectivity index (χ2n) is 6.09. The molecule has 0 aliphatic carbocycles. The van der Waals surface area contributed by atoms with E-state index in [2.05, 4.69) is 10.6 Å². The van der Waals surface area contributed by atoms with Crippen molar-refractivity contribution >= 4 is 12.0 Å². The Labute approximate surface area is 165 Å². The van der Waals surface area contributed by atoms with Crippen LogP contribution >= 0.6 is 0 Å². The molecule has 0 aromatic heterocycles. The molecule has 28 heavy (non-hydrogen) atoms. The fourth-order valence-electron chi connectivity index (χ4n) is 2.54. The van der Waals surface area contributed by atoms with Gasteiger partial charge in [0.2, 0.25) is 5.91 Å². The van der Waals surface area contributed by atoms with Gasteiger partial charge in [-0.1, -0.05) is 60.7 Å². The summed E-state index contributed by atoms with van der Waals surface area (Å²) < 4.78 is 15.4. The first-order valence-electron chi connectivity index (χ1n) is 8.96. The summed E-state index contributed by atoms with van der Waals surface area (Å²) in [4.78, 5) is 24.8. The Kier molecular flexibility index (Phi) is 8.97. The molecule has 7 nitrogen and oxygen atoms in total. The minimum Gasteiger partial charge on any atom is -0.445 e. The Hall–Kier alpha value is -2.90. The van der Waals surface area contributed by atoms with Crippen LogP contribution in [0.15, 0.2) is 60.7 Å². The predicted molar refractivity (Wildman–Crippen MR) is 105 cm³/mol. The lowest BCUT2D eigenvalue weighted by atomic mass is 10.1. The Morgan fingerprint density at radius 1 is 0.893 bits per heavy atom. The number of carbonyl (C=O) groups is 2. The molecule has 0 spiro atoms. The number of benzene rings is 2. The first-order chi connectivity index (χ1) is 13.6. The normalized spacial score (nSPS) is 11.7. The van der Waals surface area contributed by atoms with Crippen LogP contribution in [-0.4, -0.2) is 45.1 Å². The summed E-state index contributed by atoms with van der Waals surface area (Å²) in [6.07, 6.45) is -0.890. The second kappa shape index (κ2) is 11.7. The minimum absolute atomic E-state index is 0.127. The van der Waals surface area contributed by atoms with E-state index in [0.717, 1.165) is 11.1 Å². The highest BCUT2D eigenvalue weighted by Gasteiger charge is 2.22. The summed E-state index contributed by atoms with van der Waals surface area (Å²) in [5, 5.41) is 5.37. The Balaban J connectivity index is 1.96. The maximum Gasteiger partial charge on any atom is 0.408 e. The average Bonchev–Trinajstić information content (AvgIpc) is 2.74. The van der Waals surface area contributed by atoms with Crippen LogP contribution in [0.25, 0.3) is 0 Å².